The van der Waals surface area contributed by atoms with Gasteiger partial charge in [-0.3, -0.25) is 14.5 Å². The van der Waals surface area contributed by atoms with Gasteiger partial charge in [0.15, 0.2) is 5.78 Å². The number of amides is 3. The van der Waals surface area contributed by atoms with E-state index in [0.29, 0.717) is 11.3 Å². The summed E-state index contributed by atoms with van der Waals surface area (Å²) in [6, 6.07) is 6.19. The molecular formula is C24H32N2O4. The summed E-state index contributed by atoms with van der Waals surface area (Å²) in [5.74, 6) is 0.417. The lowest BCUT2D eigenvalue weighted by atomic mass is 9.92. The van der Waals surface area contributed by atoms with Crippen LogP contribution < -0.4 is 4.74 Å². The molecule has 1 heterocycles. The molecule has 1 unspecified atom stereocenters. The smallest absolute Gasteiger partial charge is 0.327 e. The normalized spacial score (nSPS) is 23.8. The van der Waals surface area contributed by atoms with E-state index in [1.807, 2.05) is 0 Å². The lowest BCUT2D eigenvalue weighted by Crippen LogP contribution is -2.46. The van der Waals surface area contributed by atoms with Crippen molar-refractivity contribution in [3.05, 3.63) is 29.8 Å². The number of nitrogens with zero attached hydrogens (tertiary/aromatic N) is 2. The van der Waals surface area contributed by atoms with Gasteiger partial charge in [-0.15, -0.1) is 0 Å². The van der Waals surface area contributed by atoms with E-state index in [1.54, 1.807) is 36.3 Å². The first-order valence-electron chi connectivity index (χ1n) is 11.4. The van der Waals surface area contributed by atoms with Crippen LogP contribution in [0.1, 0.15) is 81.0 Å². The van der Waals surface area contributed by atoms with Crippen molar-refractivity contribution < 1.29 is 19.1 Å². The lowest BCUT2D eigenvalue weighted by molar-refractivity contribution is -0.130. The number of carbonyl (C=O) groups excluding carboxylic acids is 3. The van der Waals surface area contributed by atoms with E-state index >= 15 is 0 Å². The van der Waals surface area contributed by atoms with Gasteiger partial charge in [0.1, 0.15) is 11.8 Å². The molecule has 162 valence electrons. The molecule has 1 aromatic carbocycles. The van der Waals surface area contributed by atoms with Crippen LogP contribution in [-0.4, -0.2) is 52.8 Å². The van der Waals surface area contributed by atoms with Gasteiger partial charge in [0, 0.05) is 24.1 Å². The minimum absolute atomic E-state index is 0.00840. The van der Waals surface area contributed by atoms with Crippen molar-refractivity contribution in [2.24, 2.45) is 0 Å². The SMILES string of the molecule is COc1ccc(C(=O)CC2C(=O)N(C3CCCCC3)C(=O)N2C2CCCCC2)cc1. The monoisotopic (exact) mass is 412 g/mol. The number of methoxy groups -OCH3 is 1. The molecule has 0 radical (unpaired) electrons. The molecule has 0 spiro atoms. The zero-order valence-electron chi connectivity index (χ0n) is 17.8. The Kier molecular flexibility index (Phi) is 6.40. The minimum atomic E-state index is -0.669. The highest BCUT2D eigenvalue weighted by atomic mass is 16.5. The van der Waals surface area contributed by atoms with Crippen molar-refractivity contribution in [1.82, 2.24) is 9.80 Å². The summed E-state index contributed by atoms with van der Waals surface area (Å²) in [5.41, 5.74) is 0.552. The molecule has 2 aliphatic carbocycles. The van der Waals surface area contributed by atoms with Gasteiger partial charge < -0.3 is 9.64 Å². The van der Waals surface area contributed by atoms with Gasteiger partial charge in [0.25, 0.3) is 5.91 Å². The Balaban J connectivity index is 1.57. The number of ether oxygens (including phenoxy) is 1. The molecule has 1 aromatic rings. The third kappa shape index (κ3) is 4.09. The third-order valence-corrected chi connectivity index (χ3v) is 6.98. The van der Waals surface area contributed by atoms with E-state index in [4.69, 9.17) is 4.74 Å². The maximum atomic E-state index is 13.4. The molecule has 0 aromatic heterocycles. The van der Waals surface area contributed by atoms with Crippen molar-refractivity contribution in [2.75, 3.05) is 7.11 Å². The predicted octanol–water partition coefficient (Wildman–Crippen LogP) is 4.57. The summed E-state index contributed by atoms with van der Waals surface area (Å²) in [6.07, 6.45) is 10.3. The van der Waals surface area contributed by atoms with E-state index in [0.717, 1.165) is 51.4 Å². The highest BCUT2D eigenvalue weighted by molar-refractivity contribution is 6.08. The molecular weight excluding hydrogens is 380 g/mol. The first kappa shape index (κ1) is 20.9. The molecule has 1 aliphatic heterocycles. The maximum Gasteiger partial charge on any atom is 0.327 e. The number of urea groups is 1. The van der Waals surface area contributed by atoms with Gasteiger partial charge in [-0.2, -0.15) is 0 Å². The molecule has 3 aliphatic rings. The van der Waals surface area contributed by atoms with Crippen LogP contribution in [0.3, 0.4) is 0 Å². The van der Waals surface area contributed by atoms with Crippen molar-refractivity contribution in [3.8, 4) is 5.75 Å². The molecule has 4 rings (SSSR count). The second kappa shape index (κ2) is 9.19. The van der Waals surface area contributed by atoms with Crippen LogP contribution in [0.15, 0.2) is 24.3 Å². The molecule has 6 nitrogen and oxygen atoms in total. The second-order valence-electron chi connectivity index (χ2n) is 8.85. The Labute approximate surface area is 178 Å². The summed E-state index contributed by atoms with van der Waals surface area (Å²) >= 11 is 0. The van der Waals surface area contributed by atoms with Gasteiger partial charge in [-0.1, -0.05) is 38.5 Å². The number of rotatable bonds is 6. The van der Waals surface area contributed by atoms with Crippen LogP contribution in [0.25, 0.3) is 0 Å². The van der Waals surface area contributed by atoms with Crippen molar-refractivity contribution in [2.45, 2.75) is 88.8 Å². The van der Waals surface area contributed by atoms with Crippen LogP contribution in [0.2, 0.25) is 0 Å². The molecule has 3 amide bonds. The Morgan fingerprint density at radius 2 is 1.47 bits per heavy atom. The summed E-state index contributed by atoms with van der Waals surface area (Å²) in [5, 5.41) is 0. The lowest BCUT2D eigenvalue weighted by Gasteiger charge is -2.34. The van der Waals surface area contributed by atoms with E-state index in [9.17, 15) is 14.4 Å². The van der Waals surface area contributed by atoms with Gasteiger partial charge in [0.05, 0.1) is 7.11 Å². The van der Waals surface area contributed by atoms with Crippen LogP contribution in [-0.2, 0) is 4.79 Å². The zero-order valence-corrected chi connectivity index (χ0v) is 17.8. The van der Waals surface area contributed by atoms with E-state index in [-0.39, 0.29) is 36.2 Å². The molecule has 30 heavy (non-hydrogen) atoms. The zero-order chi connectivity index (χ0) is 21.1. The Hall–Kier alpha value is -2.37. The summed E-state index contributed by atoms with van der Waals surface area (Å²) in [4.78, 5) is 43.2. The maximum absolute atomic E-state index is 13.4. The van der Waals surface area contributed by atoms with Crippen LogP contribution in [0, 0.1) is 0 Å². The van der Waals surface area contributed by atoms with Gasteiger partial charge in [0.2, 0.25) is 0 Å². The molecule has 1 saturated heterocycles. The Morgan fingerprint density at radius 1 is 0.900 bits per heavy atom. The second-order valence-corrected chi connectivity index (χ2v) is 8.85. The highest BCUT2D eigenvalue weighted by Crippen LogP contribution is 2.35. The van der Waals surface area contributed by atoms with Crippen LogP contribution in [0.5, 0.6) is 5.75 Å². The first-order valence-corrected chi connectivity index (χ1v) is 11.4. The fourth-order valence-electron chi connectivity index (χ4n) is 5.33. The first-order chi connectivity index (χ1) is 14.6. The number of ketones is 1. The number of carbonyl (C=O) groups is 3. The summed E-state index contributed by atoms with van der Waals surface area (Å²) < 4.78 is 5.17. The summed E-state index contributed by atoms with van der Waals surface area (Å²) in [6.45, 7) is 0. The highest BCUT2D eigenvalue weighted by Gasteiger charge is 2.50. The average Bonchev–Trinajstić information content (AvgIpc) is 3.04. The topological polar surface area (TPSA) is 66.9 Å². The minimum Gasteiger partial charge on any atom is -0.497 e. The molecule has 2 saturated carbocycles. The largest absolute Gasteiger partial charge is 0.497 e. The Bertz CT molecular complexity index is 779. The standard InChI is InChI=1S/C24H32N2O4/c1-30-20-14-12-17(13-15-20)22(27)16-21-23(28)26(19-10-6-3-7-11-19)24(29)25(21)18-8-4-2-5-9-18/h12-15,18-19,21H,2-11,16H2,1H3. The predicted molar refractivity (Wildman–Crippen MR) is 114 cm³/mol. The average molecular weight is 413 g/mol. The van der Waals surface area contributed by atoms with E-state index in [2.05, 4.69) is 0 Å². The van der Waals surface area contributed by atoms with Gasteiger partial charge in [-0.25, -0.2) is 4.79 Å². The Morgan fingerprint density at radius 3 is 2.03 bits per heavy atom. The fourth-order valence-corrected chi connectivity index (χ4v) is 5.33. The van der Waals surface area contributed by atoms with Gasteiger partial charge in [-0.05, 0) is 49.9 Å². The number of hydrogen-bond donors (Lipinski definition) is 0. The number of hydrogen-bond acceptors (Lipinski definition) is 4. The van der Waals surface area contributed by atoms with E-state index in [1.165, 1.54) is 17.7 Å². The fraction of sp³-hybridized carbons (Fsp3) is 0.625. The number of imide groups is 1. The molecule has 6 heteroatoms. The van der Waals surface area contributed by atoms with Crippen molar-refractivity contribution in [3.63, 3.8) is 0 Å². The summed E-state index contributed by atoms with van der Waals surface area (Å²) in [7, 11) is 1.58. The molecule has 3 fully saturated rings. The van der Waals surface area contributed by atoms with E-state index < -0.39 is 6.04 Å². The number of benzene rings is 1. The molecule has 0 N–H and O–H groups in total. The quantitative estimate of drug-likeness (QED) is 0.507. The molecule has 0 bridgehead atoms. The number of Topliss-reactive ketones (excluding diaryl/α,β-unsaturated/α-hetero) is 1. The molecule has 1 atom stereocenters. The van der Waals surface area contributed by atoms with Crippen LogP contribution >= 0.6 is 0 Å². The van der Waals surface area contributed by atoms with Crippen molar-refractivity contribution >= 4 is 17.7 Å². The van der Waals surface area contributed by atoms with Crippen LogP contribution in [0.4, 0.5) is 4.79 Å². The van der Waals surface area contributed by atoms with Gasteiger partial charge >= 0.3 is 6.03 Å². The van der Waals surface area contributed by atoms with Crippen molar-refractivity contribution in [1.29, 1.82) is 0 Å². The third-order valence-electron chi connectivity index (χ3n) is 6.98.